The molecule has 0 amide bonds. The number of para-hydroxylation sites is 1. The molecule has 1 heterocycles. The summed E-state index contributed by atoms with van der Waals surface area (Å²) in [4.78, 5) is 16.9. The van der Waals surface area contributed by atoms with E-state index in [9.17, 15) is 0 Å². The summed E-state index contributed by atoms with van der Waals surface area (Å²) in [5, 5.41) is 7.42. The van der Waals surface area contributed by atoms with Crippen molar-refractivity contribution in [1.82, 2.24) is 9.97 Å². The van der Waals surface area contributed by atoms with Gasteiger partial charge in [0.2, 0.25) is 5.88 Å². The lowest BCUT2D eigenvalue weighted by atomic mass is 10.3. The SMILES string of the molecule is CC(=O)O.c1ccc(Oc2cnccn2)cc1. The number of hydrogen-bond donors (Lipinski definition) is 1. The Balaban J connectivity index is 0.000000317. The first-order valence-corrected chi connectivity index (χ1v) is 4.87. The maximum atomic E-state index is 9.00. The Kier molecular flexibility index (Phi) is 5.16. The minimum absolute atomic E-state index is 0.508. The lowest BCUT2D eigenvalue weighted by Crippen LogP contribution is -1.86. The molecule has 2 rings (SSSR count). The Morgan fingerprint density at radius 3 is 2.41 bits per heavy atom. The Morgan fingerprint density at radius 1 is 1.24 bits per heavy atom. The lowest BCUT2D eigenvalue weighted by molar-refractivity contribution is -0.134. The van der Waals surface area contributed by atoms with Gasteiger partial charge in [-0.05, 0) is 12.1 Å². The molecule has 0 radical (unpaired) electrons. The molecule has 17 heavy (non-hydrogen) atoms. The number of aromatic nitrogens is 2. The third-order valence-electron chi connectivity index (χ3n) is 1.51. The Morgan fingerprint density at radius 2 is 1.88 bits per heavy atom. The van der Waals surface area contributed by atoms with Crippen molar-refractivity contribution >= 4 is 5.97 Å². The van der Waals surface area contributed by atoms with Crippen LogP contribution in [0.3, 0.4) is 0 Å². The van der Waals surface area contributed by atoms with Crippen LogP contribution in [0, 0.1) is 0 Å². The van der Waals surface area contributed by atoms with Crippen molar-refractivity contribution in [2.24, 2.45) is 0 Å². The third-order valence-corrected chi connectivity index (χ3v) is 1.51. The zero-order valence-corrected chi connectivity index (χ0v) is 9.28. The molecule has 0 aliphatic heterocycles. The van der Waals surface area contributed by atoms with Crippen molar-refractivity contribution in [2.75, 3.05) is 0 Å². The van der Waals surface area contributed by atoms with Crippen LogP contribution < -0.4 is 4.74 Å². The minimum atomic E-state index is -0.833. The smallest absolute Gasteiger partial charge is 0.300 e. The molecule has 0 fully saturated rings. The van der Waals surface area contributed by atoms with Crippen LogP contribution in [0.25, 0.3) is 0 Å². The van der Waals surface area contributed by atoms with Gasteiger partial charge >= 0.3 is 0 Å². The molecule has 0 bridgehead atoms. The van der Waals surface area contributed by atoms with Crippen LogP contribution in [-0.4, -0.2) is 21.0 Å². The van der Waals surface area contributed by atoms with E-state index in [-0.39, 0.29) is 0 Å². The van der Waals surface area contributed by atoms with Crippen molar-refractivity contribution in [3.05, 3.63) is 48.9 Å². The van der Waals surface area contributed by atoms with Crippen LogP contribution in [0.2, 0.25) is 0 Å². The van der Waals surface area contributed by atoms with Gasteiger partial charge in [-0.25, -0.2) is 4.98 Å². The Bertz CT molecular complexity index is 404. The van der Waals surface area contributed by atoms with E-state index in [4.69, 9.17) is 14.6 Å². The highest BCUT2D eigenvalue weighted by Gasteiger charge is 1.94. The zero-order valence-electron chi connectivity index (χ0n) is 9.28. The van der Waals surface area contributed by atoms with Gasteiger partial charge in [0.05, 0.1) is 6.20 Å². The van der Waals surface area contributed by atoms with Crippen LogP contribution in [-0.2, 0) is 4.79 Å². The maximum Gasteiger partial charge on any atom is 0.300 e. The summed E-state index contributed by atoms with van der Waals surface area (Å²) < 4.78 is 5.40. The number of carboxylic acid groups (broad SMARTS) is 1. The molecule has 0 aliphatic carbocycles. The van der Waals surface area contributed by atoms with Crippen molar-refractivity contribution in [3.8, 4) is 11.6 Å². The number of nitrogens with zero attached hydrogens (tertiary/aromatic N) is 2. The molecule has 2 aromatic rings. The van der Waals surface area contributed by atoms with Gasteiger partial charge in [-0.15, -0.1) is 0 Å². The molecule has 0 atom stereocenters. The van der Waals surface area contributed by atoms with Gasteiger partial charge in [0, 0.05) is 19.3 Å². The highest BCUT2D eigenvalue weighted by molar-refractivity contribution is 5.62. The molecule has 5 heteroatoms. The fraction of sp³-hybridized carbons (Fsp3) is 0.0833. The number of hydrogen-bond acceptors (Lipinski definition) is 4. The predicted molar refractivity (Wildman–Crippen MR) is 61.9 cm³/mol. The second-order valence-corrected chi connectivity index (χ2v) is 2.98. The lowest BCUT2D eigenvalue weighted by Gasteiger charge is -2.01. The summed E-state index contributed by atoms with van der Waals surface area (Å²) in [6.45, 7) is 1.08. The predicted octanol–water partition coefficient (Wildman–Crippen LogP) is 2.36. The third kappa shape index (κ3) is 5.88. The zero-order chi connectivity index (χ0) is 12.5. The fourth-order valence-corrected chi connectivity index (χ4v) is 0.947. The number of ether oxygens (including phenoxy) is 1. The van der Waals surface area contributed by atoms with Crippen LogP contribution in [0.15, 0.2) is 48.9 Å². The first-order valence-electron chi connectivity index (χ1n) is 4.87. The number of aliphatic carboxylic acids is 1. The van der Waals surface area contributed by atoms with Crippen LogP contribution in [0.5, 0.6) is 11.6 Å². The Hall–Kier alpha value is -2.43. The van der Waals surface area contributed by atoms with E-state index in [1.54, 1.807) is 18.6 Å². The normalized spacial score (nSPS) is 8.76. The molecule has 88 valence electrons. The number of carbonyl (C=O) groups is 1. The average Bonchev–Trinajstić information content (AvgIpc) is 2.31. The van der Waals surface area contributed by atoms with Gasteiger partial charge in [0.25, 0.3) is 5.97 Å². The highest BCUT2D eigenvalue weighted by atomic mass is 16.5. The molecule has 0 saturated heterocycles. The summed E-state index contributed by atoms with van der Waals surface area (Å²) in [6, 6.07) is 9.49. The quantitative estimate of drug-likeness (QED) is 0.860. The summed E-state index contributed by atoms with van der Waals surface area (Å²) in [5.74, 6) is 0.441. The highest BCUT2D eigenvalue weighted by Crippen LogP contribution is 2.16. The minimum Gasteiger partial charge on any atom is -0.481 e. The van der Waals surface area contributed by atoms with Gasteiger partial charge in [-0.1, -0.05) is 18.2 Å². The molecule has 1 aromatic heterocycles. The summed E-state index contributed by atoms with van der Waals surface area (Å²) in [5.41, 5.74) is 0. The second kappa shape index (κ2) is 6.95. The molecule has 0 unspecified atom stereocenters. The van der Waals surface area contributed by atoms with Gasteiger partial charge in [0.15, 0.2) is 0 Å². The van der Waals surface area contributed by atoms with Gasteiger partial charge in [-0.3, -0.25) is 9.78 Å². The van der Waals surface area contributed by atoms with Crippen molar-refractivity contribution in [3.63, 3.8) is 0 Å². The standard InChI is InChI=1S/C10H8N2O.C2H4O2/c1-2-4-9(5-3-1)13-10-8-11-6-7-12-10;1-2(3)4/h1-8H;1H3,(H,3,4). The summed E-state index contributed by atoms with van der Waals surface area (Å²) >= 11 is 0. The summed E-state index contributed by atoms with van der Waals surface area (Å²) in [7, 11) is 0. The van der Waals surface area contributed by atoms with E-state index in [0.717, 1.165) is 12.7 Å². The van der Waals surface area contributed by atoms with Crippen LogP contribution in [0.4, 0.5) is 0 Å². The van der Waals surface area contributed by atoms with Crippen LogP contribution >= 0.6 is 0 Å². The van der Waals surface area contributed by atoms with Crippen molar-refractivity contribution < 1.29 is 14.6 Å². The van der Waals surface area contributed by atoms with Crippen molar-refractivity contribution in [2.45, 2.75) is 6.92 Å². The molecular weight excluding hydrogens is 220 g/mol. The van der Waals surface area contributed by atoms with E-state index in [1.807, 2.05) is 30.3 Å². The molecule has 1 N–H and O–H groups in total. The first-order chi connectivity index (χ1) is 8.18. The monoisotopic (exact) mass is 232 g/mol. The van der Waals surface area contributed by atoms with Gasteiger partial charge < -0.3 is 9.84 Å². The van der Waals surface area contributed by atoms with Crippen LogP contribution in [0.1, 0.15) is 6.92 Å². The van der Waals surface area contributed by atoms with E-state index < -0.39 is 5.97 Å². The van der Waals surface area contributed by atoms with E-state index in [2.05, 4.69) is 9.97 Å². The topological polar surface area (TPSA) is 72.3 Å². The second-order valence-electron chi connectivity index (χ2n) is 2.98. The molecule has 1 aromatic carbocycles. The number of rotatable bonds is 2. The van der Waals surface area contributed by atoms with Gasteiger partial charge in [0.1, 0.15) is 5.75 Å². The van der Waals surface area contributed by atoms with Gasteiger partial charge in [-0.2, -0.15) is 0 Å². The van der Waals surface area contributed by atoms with E-state index in [1.165, 1.54) is 0 Å². The molecule has 5 nitrogen and oxygen atoms in total. The average molecular weight is 232 g/mol. The van der Waals surface area contributed by atoms with E-state index in [0.29, 0.717) is 5.88 Å². The largest absolute Gasteiger partial charge is 0.481 e. The Labute approximate surface area is 98.7 Å². The summed E-state index contributed by atoms with van der Waals surface area (Å²) in [6.07, 6.45) is 4.78. The number of carboxylic acids is 1. The van der Waals surface area contributed by atoms with Crippen molar-refractivity contribution in [1.29, 1.82) is 0 Å². The molecule has 0 spiro atoms. The molecular formula is C12H12N2O3. The van der Waals surface area contributed by atoms with E-state index >= 15 is 0 Å². The number of benzene rings is 1. The molecule has 0 saturated carbocycles. The molecule has 0 aliphatic rings. The maximum absolute atomic E-state index is 9.00. The fourth-order valence-electron chi connectivity index (χ4n) is 0.947. The first kappa shape index (κ1) is 12.6.